The summed E-state index contributed by atoms with van der Waals surface area (Å²) in [5.41, 5.74) is 5.12. The van der Waals surface area contributed by atoms with Crippen LogP contribution in [-0.4, -0.2) is 28.9 Å². The highest BCUT2D eigenvalue weighted by Crippen LogP contribution is 2.46. The summed E-state index contributed by atoms with van der Waals surface area (Å²) in [6, 6.07) is 13.6. The van der Waals surface area contributed by atoms with E-state index >= 15 is 0 Å². The second-order valence-electron chi connectivity index (χ2n) is 7.56. The van der Waals surface area contributed by atoms with E-state index in [-0.39, 0.29) is 17.6 Å². The Hall–Kier alpha value is -2.89. The van der Waals surface area contributed by atoms with Gasteiger partial charge in [-0.15, -0.1) is 0 Å². The van der Waals surface area contributed by atoms with Crippen molar-refractivity contribution in [2.24, 2.45) is 10.7 Å². The number of halogens is 1. The van der Waals surface area contributed by atoms with Crippen molar-refractivity contribution in [3.8, 4) is 5.75 Å². The molecule has 3 rings (SSSR count). The summed E-state index contributed by atoms with van der Waals surface area (Å²) in [5, 5.41) is 10.4. The van der Waals surface area contributed by atoms with Gasteiger partial charge in [0.15, 0.2) is 5.96 Å². The number of nitrogens with two attached hydrogens (primary N) is 1. The van der Waals surface area contributed by atoms with Gasteiger partial charge in [-0.05, 0) is 38.0 Å². The minimum atomic E-state index is -1.48. The second-order valence-corrected chi connectivity index (χ2v) is 7.56. The van der Waals surface area contributed by atoms with Crippen molar-refractivity contribution in [1.82, 2.24) is 4.90 Å². The number of guanidine groups is 1. The van der Waals surface area contributed by atoms with E-state index in [1.54, 1.807) is 62.5 Å². The van der Waals surface area contributed by atoms with Crippen LogP contribution < -0.4 is 5.73 Å². The van der Waals surface area contributed by atoms with E-state index in [4.69, 9.17) is 5.73 Å². The number of phenolic OH excluding ortho intramolecular Hbond substituents is 1. The first-order valence-electron chi connectivity index (χ1n) is 8.76. The zero-order valence-electron chi connectivity index (χ0n) is 15.9. The molecule has 0 bridgehead atoms. The van der Waals surface area contributed by atoms with Gasteiger partial charge in [0.2, 0.25) is 5.91 Å². The fourth-order valence-corrected chi connectivity index (χ4v) is 3.58. The molecule has 0 saturated heterocycles. The van der Waals surface area contributed by atoms with E-state index in [2.05, 4.69) is 4.99 Å². The molecule has 6 heteroatoms. The van der Waals surface area contributed by atoms with Gasteiger partial charge >= 0.3 is 0 Å². The molecule has 2 unspecified atom stereocenters. The second kappa shape index (κ2) is 6.37. The van der Waals surface area contributed by atoms with Crippen molar-refractivity contribution in [2.75, 3.05) is 7.05 Å². The van der Waals surface area contributed by atoms with Crippen LogP contribution in [0.3, 0.4) is 0 Å². The molecule has 1 amide bonds. The summed E-state index contributed by atoms with van der Waals surface area (Å²) >= 11 is 0. The summed E-state index contributed by atoms with van der Waals surface area (Å²) < 4.78 is 14.2. The van der Waals surface area contributed by atoms with Crippen LogP contribution in [0.15, 0.2) is 53.5 Å². The topological polar surface area (TPSA) is 78.9 Å². The van der Waals surface area contributed by atoms with Crippen LogP contribution in [0.1, 0.15) is 43.4 Å². The highest BCUT2D eigenvalue weighted by atomic mass is 19.1. The lowest BCUT2D eigenvalue weighted by Gasteiger charge is -2.41. The fraction of sp³-hybridized carbons (Fsp3) is 0.333. The summed E-state index contributed by atoms with van der Waals surface area (Å²) in [6.07, 6.45) is 0. The number of hydrogen-bond acceptors (Lipinski definition) is 4. The highest BCUT2D eigenvalue weighted by Gasteiger charge is 2.48. The zero-order chi connectivity index (χ0) is 20.0. The predicted octanol–water partition coefficient (Wildman–Crippen LogP) is 3.38. The predicted molar refractivity (Wildman–Crippen MR) is 103 cm³/mol. The van der Waals surface area contributed by atoms with Crippen LogP contribution in [0, 0.1) is 0 Å². The monoisotopic (exact) mass is 369 g/mol. The lowest BCUT2D eigenvalue weighted by molar-refractivity contribution is -0.130. The Labute approximate surface area is 158 Å². The number of phenols is 1. The van der Waals surface area contributed by atoms with Crippen LogP contribution in [0.5, 0.6) is 5.75 Å². The quantitative estimate of drug-likeness (QED) is 0.870. The van der Waals surface area contributed by atoms with E-state index < -0.39 is 17.1 Å². The minimum absolute atomic E-state index is 0.0421. The largest absolute Gasteiger partial charge is 0.508 e. The molecule has 1 aliphatic heterocycles. The van der Waals surface area contributed by atoms with Crippen molar-refractivity contribution in [2.45, 2.75) is 37.9 Å². The molecule has 142 valence electrons. The standard InChI is InChI=1S/C21H24FN3O2/c1-20(2,22)14-11-9-13(10-12-14)17-18(27)25(4)19(23)24-21(17,3)15-7-5-6-8-16(15)26/h5-12,17,26H,1-4H3,(H2,23,24). The van der Waals surface area contributed by atoms with Crippen molar-refractivity contribution in [3.63, 3.8) is 0 Å². The number of alkyl halides is 1. The molecule has 3 N–H and O–H groups in total. The summed E-state index contributed by atoms with van der Waals surface area (Å²) in [4.78, 5) is 19.0. The number of amides is 1. The van der Waals surface area contributed by atoms with Crippen LogP contribution in [0.25, 0.3) is 0 Å². The molecule has 2 atom stereocenters. The van der Waals surface area contributed by atoms with Gasteiger partial charge in [-0.3, -0.25) is 9.69 Å². The third kappa shape index (κ3) is 3.16. The number of aromatic hydroxyl groups is 1. The first kappa shape index (κ1) is 18.9. The van der Waals surface area contributed by atoms with Gasteiger partial charge in [0.25, 0.3) is 0 Å². The molecule has 0 aromatic heterocycles. The van der Waals surface area contributed by atoms with Crippen LogP contribution in [0.4, 0.5) is 4.39 Å². The number of benzene rings is 2. The number of rotatable bonds is 3. The van der Waals surface area contributed by atoms with E-state index in [0.717, 1.165) is 0 Å². The molecule has 0 aliphatic carbocycles. The molecule has 27 heavy (non-hydrogen) atoms. The van der Waals surface area contributed by atoms with Gasteiger partial charge in [-0.25, -0.2) is 9.38 Å². The minimum Gasteiger partial charge on any atom is -0.508 e. The number of para-hydroxylation sites is 1. The third-order valence-electron chi connectivity index (χ3n) is 5.21. The molecule has 5 nitrogen and oxygen atoms in total. The Balaban J connectivity index is 2.18. The van der Waals surface area contributed by atoms with Gasteiger partial charge < -0.3 is 10.8 Å². The van der Waals surface area contributed by atoms with Gasteiger partial charge in [-0.2, -0.15) is 0 Å². The Morgan fingerprint density at radius 2 is 1.78 bits per heavy atom. The zero-order valence-corrected chi connectivity index (χ0v) is 15.9. The molecule has 0 radical (unpaired) electrons. The van der Waals surface area contributed by atoms with E-state index in [0.29, 0.717) is 16.7 Å². The molecule has 0 spiro atoms. The smallest absolute Gasteiger partial charge is 0.239 e. The molecule has 2 aromatic carbocycles. The molecular weight excluding hydrogens is 345 g/mol. The first-order chi connectivity index (χ1) is 12.6. The van der Waals surface area contributed by atoms with E-state index in [9.17, 15) is 14.3 Å². The molecule has 1 aliphatic rings. The third-order valence-corrected chi connectivity index (χ3v) is 5.21. The summed E-state index contributed by atoms with van der Waals surface area (Å²) in [6.45, 7) is 4.74. The fourth-order valence-electron chi connectivity index (χ4n) is 3.58. The normalized spacial score (nSPS) is 23.3. The molecular formula is C21H24FN3O2. The van der Waals surface area contributed by atoms with Crippen LogP contribution in [0.2, 0.25) is 0 Å². The van der Waals surface area contributed by atoms with Crippen LogP contribution in [-0.2, 0) is 16.0 Å². The number of hydrogen-bond donors (Lipinski definition) is 2. The van der Waals surface area contributed by atoms with Crippen molar-refractivity contribution >= 4 is 11.9 Å². The lowest BCUT2D eigenvalue weighted by atomic mass is 9.74. The van der Waals surface area contributed by atoms with E-state index in [1.807, 2.05) is 0 Å². The first-order valence-corrected chi connectivity index (χ1v) is 8.76. The Bertz CT molecular complexity index is 902. The van der Waals surface area contributed by atoms with Crippen LogP contribution >= 0.6 is 0 Å². The maximum absolute atomic E-state index is 14.2. The maximum Gasteiger partial charge on any atom is 0.239 e. The van der Waals surface area contributed by atoms with Gasteiger partial charge in [0.1, 0.15) is 17.0 Å². The Morgan fingerprint density at radius 1 is 1.19 bits per heavy atom. The number of likely N-dealkylation sites (N-methyl/N-ethyl adjacent to an activating group) is 1. The SMILES string of the molecule is CN1C(=O)C(c2ccc(C(C)(C)F)cc2)C(C)(c2ccccc2O)N=C1N. The molecule has 0 saturated carbocycles. The average molecular weight is 369 g/mol. The van der Waals surface area contributed by atoms with Gasteiger partial charge in [0, 0.05) is 12.6 Å². The van der Waals surface area contributed by atoms with E-state index in [1.165, 1.54) is 18.7 Å². The maximum atomic E-state index is 14.2. The molecule has 0 fully saturated rings. The van der Waals surface area contributed by atoms with Gasteiger partial charge in [0.05, 0.1) is 5.92 Å². The van der Waals surface area contributed by atoms with Gasteiger partial charge in [-0.1, -0.05) is 42.5 Å². The molecule has 2 aromatic rings. The number of nitrogens with zero attached hydrogens (tertiary/aromatic N) is 2. The average Bonchev–Trinajstić information content (AvgIpc) is 2.60. The van der Waals surface area contributed by atoms with Crippen molar-refractivity contribution < 1.29 is 14.3 Å². The Morgan fingerprint density at radius 3 is 2.33 bits per heavy atom. The summed E-state index contributed by atoms with van der Waals surface area (Å²) in [7, 11) is 1.57. The highest BCUT2D eigenvalue weighted by molar-refractivity contribution is 6.02. The van der Waals surface area contributed by atoms with Crippen molar-refractivity contribution in [1.29, 1.82) is 0 Å². The molecule has 1 heterocycles. The summed E-state index contributed by atoms with van der Waals surface area (Å²) in [5.74, 6) is -0.815. The number of carbonyl (C=O) groups is 1. The van der Waals surface area contributed by atoms with Crippen molar-refractivity contribution in [3.05, 3.63) is 65.2 Å². The number of carbonyl (C=O) groups excluding carboxylic acids is 1. The lowest BCUT2D eigenvalue weighted by Crippen LogP contribution is -2.52. The Kier molecular flexibility index (Phi) is 4.46. The number of aliphatic imine (C=N–C) groups is 1.